The lowest BCUT2D eigenvalue weighted by Gasteiger charge is -2.16. The molecule has 3 amide bonds. The van der Waals surface area contributed by atoms with E-state index in [0.717, 1.165) is 11.1 Å². The first-order valence-corrected chi connectivity index (χ1v) is 9.83. The first-order chi connectivity index (χ1) is 15.0. The standard InChI is InChI=1S/C23H25N3O5/c27-16-4-15-24-21(28)14-13-20(23(30)26-31)25-22(29)19-11-9-18(10-12-19)8-7-17-5-2-1-3-6-17/h1-3,5-6,9-12,20,27,31H,4,13-16H2,(H,24,28)(H,25,29)(H,26,30)/t20-/m0/s1. The van der Waals surface area contributed by atoms with Crippen LogP contribution < -0.4 is 16.1 Å². The Balaban J connectivity index is 1.95. The number of aliphatic hydroxyl groups is 1. The summed E-state index contributed by atoms with van der Waals surface area (Å²) in [5.74, 6) is 4.38. The third-order valence-corrected chi connectivity index (χ3v) is 4.32. The molecule has 0 radical (unpaired) electrons. The van der Waals surface area contributed by atoms with E-state index in [-0.39, 0.29) is 25.4 Å². The maximum Gasteiger partial charge on any atom is 0.265 e. The van der Waals surface area contributed by atoms with Gasteiger partial charge in [0.25, 0.3) is 11.8 Å². The number of nitrogens with one attached hydrogen (secondary N) is 3. The van der Waals surface area contributed by atoms with Crippen LogP contribution in [0.3, 0.4) is 0 Å². The Morgan fingerprint density at radius 3 is 2.19 bits per heavy atom. The summed E-state index contributed by atoms with van der Waals surface area (Å²) in [6, 6.07) is 15.0. The zero-order valence-corrected chi connectivity index (χ0v) is 16.9. The number of hydrogen-bond donors (Lipinski definition) is 5. The number of benzene rings is 2. The van der Waals surface area contributed by atoms with E-state index in [9.17, 15) is 14.4 Å². The minimum absolute atomic E-state index is 0.00370. The van der Waals surface area contributed by atoms with Gasteiger partial charge in [-0.25, -0.2) is 5.48 Å². The Morgan fingerprint density at radius 1 is 0.935 bits per heavy atom. The highest BCUT2D eigenvalue weighted by Crippen LogP contribution is 2.06. The van der Waals surface area contributed by atoms with Crippen molar-refractivity contribution in [3.8, 4) is 11.8 Å². The fourth-order valence-corrected chi connectivity index (χ4v) is 2.63. The Hall–Kier alpha value is -3.67. The van der Waals surface area contributed by atoms with Gasteiger partial charge in [0.1, 0.15) is 6.04 Å². The van der Waals surface area contributed by atoms with Gasteiger partial charge in [0.05, 0.1) is 0 Å². The molecule has 0 unspecified atom stereocenters. The molecule has 0 bridgehead atoms. The van der Waals surface area contributed by atoms with E-state index in [1.165, 1.54) is 5.48 Å². The molecule has 0 aliphatic rings. The monoisotopic (exact) mass is 423 g/mol. The fourth-order valence-electron chi connectivity index (χ4n) is 2.63. The Morgan fingerprint density at radius 2 is 1.58 bits per heavy atom. The number of rotatable bonds is 9. The molecule has 0 saturated heterocycles. The summed E-state index contributed by atoms with van der Waals surface area (Å²) >= 11 is 0. The van der Waals surface area contributed by atoms with E-state index in [1.54, 1.807) is 24.3 Å². The third kappa shape index (κ3) is 8.30. The second-order valence-corrected chi connectivity index (χ2v) is 6.66. The first kappa shape index (κ1) is 23.6. The summed E-state index contributed by atoms with van der Waals surface area (Å²) < 4.78 is 0. The van der Waals surface area contributed by atoms with Gasteiger partial charge >= 0.3 is 0 Å². The number of carbonyl (C=O) groups is 3. The number of aliphatic hydroxyl groups excluding tert-OH is 1. The minimum Gasteiger partial charge on any atom is -0.396 e. The minimum atomic E-state index is -1.08. The lowest BCUT2D eigenvalue weighted by atomic mass is 10.1. The second-order valence-electron chi connectivity index (χ2n) is 6.66. The van der Waals surface area contributed by atoms with Crippen molar-refractivity contribution in [3.05, 3.63) is 71.3 Å². The van der Waals surface area contributed by atoms with Crippen LogP contribution >= 0.6 is 0 Å². The van der Waals surface area contributed by atoms with E-state index in [1.807, 2.05) is 30.3 Å². The van der Waals surface area contributed by atoms with Crippen molar-refractivity contribution in [2.24, 2.45) is 0 Å². The van der Waals surface area contributed by atoms with Crippen molar-refractivity contribution in [1.82, 2.24) is 16.1 Å². The summed E-state index contributed by atoms with van der Waals surface area (Å²) in [5, 5.41) is 22.8. The van der Waals surface area contributed by atoms with Crippen LogP contribution in [0.2, 0.25) is 0 Å². The molecule has 2 aromatic carbocycles. The molecular weight excluding hydrogens is 398 g/mol. The Labute approximate surface area is 180 Å². The van der Waals surface area contributed by atoms with E-state index in [2.05, 4.69) is 22.5 Å². The molecule has 31 heavy (non-hydrogen) atoms. The molecule has 1 atom stereocenters. The van der Waals surface area contributed by atoms with Crippen LogP contribution in [0, 0.1) is 11.8 Å². The van der Waals surface area contributed by atoms with E-state index in [4.69, 9.17) is 10.3 Å². The summed E-state index contributed by atoms with van der Waals surface area (Å²) in [4.78, 5) is 36.1. The second kappa shape index (κ2) is 12.8. The number of hydrogen-bond acceptors (Lipinski definition) is 5. The maximum absolute atomic E-state index is 12.5. The molecule has 0 heterocycles. The predicted molar refractivity (Wildman–Crippen MR) is 114 cm³/mol. The number of hydroxylamine groups is 1. The van der Waals surface area contributed by atoms with E-state index < -0.39 is 17.9 Å². The van der Waals surface area contributed by atoms with Crippen LogP contribution in [0.15, 0.2) is 54.6 Å². The first-order valence-electron chi connectivity index (χ1n) is 9.83. The van der Waals surface area contributed by atoms with Crippen LogP contribution in [0.1, 0.15) is 40.7 Å². The molecule has 0 aromatic heterocycles. The van der Waals surface area contributed by atoms with Gasteiger partial charge in [-0.15, -0.1) is 0 Å². The Bertz CT molecular complexity index is 933. The van der Waals surface area contributed by atoms with Crippen molar-refractivity contribution < 1.29 is 24.7 Å². The molecule has 5 N–H and O–H groups in total. The van der Waals surface area contributed by atoms with Gasteiger partial charge in [-0.2, -0.15) is 0 Å². The van der Waals surface area contributed by atoms with Gasteiger partial charge < -0.3 is 15.7 Å². The summed E-state index contributed by atoms with van der Waals surface area (Å²) in [7, 11) is 0. The molecule has 2 rings (SSSR count). The van der Waals surface area contributed by atoms with Crippen molar-refractivity contribution in [2.75, 3.05) is 13.2 Å². The average Bonchev–Trinajstić information content (AvgIpc) is 2.81. The quantitative estimate of drug-likeness (QED) is 0.178. The molecule has 0 saturated carbocycles. The van der Waals surface area contributed by atoms with E-state index >= 15 is 0 Å². The third-order valence-electron chi connectivity index (χ3n) is 4.32. The lowest BCUT2D eigenvalue weighted by Crippen LogP contribution is -2.46. The highest BCUT2D eigenvalue weighted by atomic mass is 16.5. The van der Waals surface area contributed by atoms with Crippen molar-refractivity contribution in [3.63, 3.8) is 0 Å². The lowest BCUT2D eigenvalue weighted by molar-refractivity contribution is -0.131. The molecular formula is C23H25N3O5. The smallest absolute Gasteiger partial charge is 0.265 e. The Kier molecular flexibility index (Phi) is 9.75. The summed E-state index contributed by atoms with van der Waals surface area (Å²) in [6.45, 7) is 0.278. The molecule has 162 valence electrons. The maximum atomic E-state index is 12.5. The summed E-state index contributed by atoms with van der Waals surface area (Å²) in [5.41, 5.74) is 3.42. The van der Waals surface area contributed by atoms with Crippen molar-refractivity contribution in [1.29, 1.82) is 0 Å². The molecule has 2 aromatic rings. The molecule has 8 nitrogen and oxygen atoms in total. The molecule has 0 aliphatic carbocycles. The predicted octanol–water partition coefficient (Wildman–Crippen LogP) is 0.969. The van der Waals surface area contributed by atoms with Crippen molar-refractivity contribution >= 4 is 17.7 Å². The van der Waals surface area contributed by atoms with Crippen LogP contribution in [0.5, 0.6) is 0 Å². The number of carbonyl (C=O) groups excluding carboxylic acids is 3. The fraction of sp³-hybridized carbons (Fsp3) is 0.261. The van der Waals surface area contributed by atoms with Gasteiger partial charge in [-0.05, 0) is 49.2 Å². The molecule has 0 aliphatic heterocycles. The van der Waals surface area contributed by atoms with E-state index in [0.29, 0.717) is 18.5 Å². The normalized spacial score (nSPS) is 10.9. The van der Waals surface area contributed by atoms with Crippen molar-refractivity contribution in [2.45, 2.75) is 25.3 Å². The topological polar surface area (TPSA) is 128 Å². The van der Waals surface area contributed by atoms with Gasteiger partial charge in [-0.1, -0.05) is 30.0 Å². The van der Waals surface area contributed by atoms with Gasteiger partial charge in [0.15, 0.2) is 0 Å². The molecule has 0 spiro atoms. The van der Waals surface area contributed by atoms with Crippen LogP contribution in [-0.4, -0.2) is 47.2 Å². The van der Waals surface area contributed by atoms with Gasteiger partial charge in [0, 0.05) is 36.3 Å². The average molecular weight is 423 g/mol. The highest BCUT2D eigenvalue weighted by molar-refractivity contribution is 5.97. The van der Waals surface area contributed by atoms with Crippen LogP contribution in [-0.2, 0) is 9.59 Å². The van der Waals surface area contributed by atoms with Crippen LogP contribution in [0.4, 0.5) is 0 Å². The summed E-state index contributed by atoms with van der Waals surface area (Å²) in [6.07, 6.45) is 0.399. The van der Waals surface area contributed by atoms with Gasteiger partial charge in [-0.3, -0.25) is 19.6 Å². The number of amides is 3. The molecule has 8 heteroatoms. The zero-order valence-electron chi connectivity index (χ0n) is 16.9. The van der Waals surface area contributed by atoms with Crippen LogP contribution in [0.25, 0.3) is 0 Å². The largest absolute Gasteiger partial charge is 0.396 e. The zero-order chi connectivity index (χ0) is 22.5. The highest BCUT2D eigenvalue weighted by Gasteiger charge is 2.22. The molecule has 0 fully saturated rings. The van der Waals surface area contributed by atoms with Gasteiger partial charge in [0.2, 0.25) is 5.91 Å². The SMILES string of the molecule is O=C(CC[C@H](NC(=O)c1ccc(C#Cc2ccccc2)cc1)C(=O)NO)NCCCO.